The van der Waals surface area contributed by atoms with Crippen LogP contribution in [0.4, 0.5) is 0 Å². The molecule has 0 aliphatic heterocycles. The number of halogens is 1. The standard InChI is InChI=1S/C14H23ClN2O/c1-10(9-18-4)17(3)14(11(2)16)12-7-5-6-8-13(12)15/h5-8,10-11,14H,9,16H2,1-4H3. The van der Waals surface area contributed by atoms with Gasteiger partial charge in [0.25, 0.3) is 0 Å². The average molecular weight is 271 g/mol. The quantitative estimate of drug-likeness (QED) is 0.864. The van der Waals surface area contributed by atoms with Crippen LogP contribution in [0, 0.1) is 0 Å². The molecule has 4 heteroatoms. The third kappa shape index (κ3) is 3.69. The lowest BCUT2D eigenvalue weighted by Gasteiger charge is -2.36. The van der Waals surface area contributed by atoms with E-state index in [1.807, 2.05) is 31.2 Å². The van der Waals surface area contributed by atoms with Gasteiger partial charge in [-0.15, -0.1) is 0 Å². The van der Waals surface area contributed by atoms with E-state index in [9.17, 15) is 0 Å². The van der Waals surface area contributed by atoms with Crippen molar-refractivity contribution in [3.8, 4) is 0 Å². The van der Waals surface area contributed by atoms with Crippen molar-refractivity contribution in [2.24, 2.45) is 5.73 Å². The fraction of sp³-hybridized carbons (Fsp3) is 0.571. The SMILES string of the molecule is COCC(C)N(C)C(c1ccccc1Cl)C(C)N. The molecule has 0 aromatic heterocycles. The highest BCUT2D eigenvalue weighted by Gasteiger charge is 2.26. The number of ether oxygens (including phenoxy) is 1. The van der Waals surface area contributed by atoms with Crippen molar-refractivity contribution in [3.05, 3.63) is 34.9 Å². The molecule has 102 valence electrons. The van der Waals surface area contributed by atoms with Gasteiger partial charge in [-0.1, -0.05) is 29.8 Å². The number of benzene rings is 1. The molecule has 0 saturated carbocycles. The molecule has 1 aromatic rings. The van der Waals surface area contributed by atoms with Crippen LogP contribution in [0.3, 0.4) is 0 Å². The molecular weight excluding hydrogens is 248 g/mol. The predicted octanol–water partition coefficient (Wildman–Crippen LogP) is 2.70. The average Bonchev–Trinajstić information content (AvgIpc) is 2.31. The van der Waals surface area contributed by atoms with Crippen LogP contribution in [0.2, 0.25) is 5.02 Å². The van der Waals surface area contributed by atoms with Crippen molar-refractivity contribution < 1.29 is 4.74 Å². The number of rotatable bonds is 6. The van der Waals surface area contributed by atoms with Crippen LogP contribution in [-0.2, 0) is 4.74 Å². The zero-order valence-corrected chi connectivity index (χ0v) is 12.3. The molecule has 2 N–H and O–H groups in total. The first kappa shape index (κ1) is 15.4. The molecule has 3 unspecified atom stereocenters. The number of hydrogen-bond donors (Lipinski definition) is 1. The Balaban J connectivity index is 3.00. The Hall–Kier alpha value is -0.610. The minimum atomic E-state index is -0.00536. The van der Waals surface area contributed by atoms with Crippen LogP contribution in [0.25, 0.3) is 0 Å². The van der Waals surface area contributed by atoms with E-state index in [2.05, 4.69) is 18.9 Å². The second-order valence-electron chi connectivity index (χ2n) is 4.80. The van der Waals surface area contributed by atoms with Crippen molar-refractivity contribution in [1.82, 2.24) is 4.90 Å². The fourth-order valence-corrected chi connectivity index (χ4v) is 2.47. The summed E-state index contributed by atoms with van der Waals surface area (Å²) in [6.45, 7) is 4.80. The molecule has 0 bridgehead atoms. The first-order valence-electron chi connectivity index (χ1n) is 6.20. The molecule has 0 aliphatic carbocycles. The maximum absolute atomic E-state index is 6.28. The van der Waals surface area contributed by atoms with Crippen LogP contribution in [0.5, 0.6) is 0 Å². The Morgan fingerprint density at radius 2 is 1.94 bits per heavy atom. The van der Waals surface area contributed by atoms with E-state index < -0.39 is 0 Å². The highest BCUT2D eigenvalue weighted by molar-refractivity contribution is 6.31. The predicted molar refractivity (Wildman–Crippen MR) is 76.9 cm³/mol. The molecule has 1 aromatic carbocycles. The van der Waals surface area contributed by atoms with Gasteiger partial charge in [-0.3, -0.25) is 4.90 Å². The summed E-state index contributed by atoms with van der Waals surface area (Å²) < 4.78 is 5.21. The molecule has 0 aliphatic rings. The minimum Gasteiger partial charge on any atom is -0.383 e. The first-order chi connectivity index (χ1) is 8.49. The lowest BCUT2D eigenvalue weighted by molar-refractivity contribution is 0.0819. The second-order valence-corrected chi connectivity index (χ2v) is 5.20. The normalized spacial score (nSPS) is 16.6. The van der Waals surface area contributed by atoms with Crippen molar-refractivity contribution in [1.29, 1.82) is 0 Å². The highest BCUT2D eigenvalue weighted by Crippen LogP contribution is 2.29. The van der Waals surface area contributed by atoms with Crippen molar-refractivity contribution >= 4 is 11.6 Å². The fourth-order valence-electron chi connectivity index (χ4n) is 2.22. The van der Waals surface area contributed by atoms with Crippen LogP contribution in [0.15, 0.2) is 24.3 Å². The van der Waals surface area contributed by atoms with E-state index >= 15 is 0 Å². The summed E-state index contributed by atoms with van der Waals surface area (Å²) >= 11 is 6.28. The molecule has 0 amide bonds. The lowest BCUT2D eigenvalue weighted by Crippen LogP contribution is -2.43. The number of methoxy groups -OCH3 is 1. The molecule has 0 fully saturated rings. The van der Waals surface area contributed by atoms with Gasteiger partial charge in [0, 0.05) is 24.2 Å². The molecular formula is C14H23ClN2O. The third-order valence-corrected chi connectivity index (χ3v) is 3.61. The summed E-state index contributed by atoms with van der Waals surface area (Å²) in [6.07, 6.45) is 0. The summed E-state index contributed by atoms with van der Waals surface area (Å²) in [4.78, 5) is 2.22. The Kier molecular flexibility index (Phi) is 6.09. The van der Waals surface area contributed by atoms with Crippen LogP contribution in [-0.4, -0.2) is 37.7 Å². The van der Waals surface area contributed by atoms with E-state index in [4.69, 9.17) is 22.1 Å². The van der Waals surface area contributed by atoms with Gasteiger partial charge in [0.05, 0.1) is 12.6 Å². The van der Waals surface area contributed by atoms with Crippen molar-refractivity contribution in [2.75, 3.05) is 20.8 Å². The molecule has 0 spiro atoms. The van der Waals surface area contributed by atoms with Gasteiger partial charge in [-0.2, -0.15) is 0 Å². The van der Waals surface area contributed by atoms with Crippen LogP contribution < -0.4 is 5.73 Å². The highest BCUT2D eigenvalue weighted by atomic mass is 35.5. The monoisotopic (exact) mass is 270 g/mol. The van der Waals surface area contributed by atoms with Crippen molar-refractivity contribution in [2.45, 2.75) is 32.0 Å². The van der Waals surface area contributed by atoms with Gasteiger partial charge < -0.3 is 10.5 Å². The maximum Gasteiger partial charge on any atom is 0.0615 e. The lowest BCUT2D eigenvalue weighted by atomic mass is 9.98. The Morgan fingerprint density at radius 3 is 2.44 bits per heavy atom. The van der Waals surface area contributed by atoms with Crippen LogP contribution in [0.1, 0.15) is 25.5 Å². The largest absolute Gasteiger partial charge is 0.383 e. The Bertz CT molecular complexity index is 371. The van der Waals surface area contributed by atoms with Crippen molar-refractivity contribution in [3.63, 3.8) is 0 Å². The maximum atomic E-state index is 6.28. The van der Waals surface area contributed by atoms with Crippen LogP contribution >= 0.6 is 11.6 Å². The third-order valence-electron chi connectivity index (χ3n) is 3.26. The minimum absolute atomic E-state index is 0.00536. The van der Waals surface area contributed by atoms with Gasteiger partial charge in [-0.05, 0) is 32.5 Å². The van der Waals surface area contributed by atoms with Gasteiger partial charge >= 0.3 is 0 Å². The molecule has 0 heterocycles. The molecule has 1 rings (SSSR count). The second kappa shape index (κ2) is 7.10. The Morgan fingerprint density at radius 1 is 1.33 bits per heavy atom. The molecule has 0 saturated heterocycles. The summed E-state index contributed by atoms with van der Waals surface area (Å²) in [6, 6.07) is 8.22. The van der Waals surface area contributed by atoms with E-state index in [-0.39, 0.29) is 18.1 Å². The topological polar surface area (TPSA) is 38.5 Å². The van der Waals surface area contributed by atoms with E-state index in [0.717, 1.165) is 10.6 Å². The summed E-state index contributed by atoms with van der Waals surface area (Å²) in [7, 11) is 3.77. The smallest absolute Gasteiger partial charge is 0.0615 e. The van der Waals surface area contributed by atoms with Gasteiger partial charge in [0.15, 0.2) is 0 Å². The number of hydrogen-bond acceptors (Lipinski definition) is 3. The molecule has 18 heavy (non-hydrogen) atoms. The van der Waals surface area contributed by atoms with E-state index in [1.54, 1.807) is 7.11 Å². The zero-order chi connectivity index (χ0) is 13.7. The summed E-state index contributed by atoms with van der Waals surface area (Å²) in [5.74, 6) is 0. The zero-order valence-electron chi connectivity index (χ0n) is 11.6. The summed E-state index contributed by atoms with van der Waals surface area (Å²) in [5.41, 5.74) is 7.20. The van der Waals surface area contributed by atoms with E-state index in [0.29, 0.717) is 6.61 Å². The number of nitrogens with two attached hydrogens (primary N) is 1. The number of nitrogens with zero attached hydrogens (tertiary/aromatic N) is 1. The molecule has 3 nitrogen and oxygen atoms in total. The summed E-state index contributed by atoms with van der Waals surface area (Å²) in [5, 5.41) is 0.760. The Labute approximate surface area is 115 Å². The van der Waals surface area contributed by atoms with Gasteiger partial charge in [0.1, 0.15) is 0 Å². The van der Waals surface area contributed by atoms with E-state index in [1.165, 1.54) is 0 Å². The first-order valence-corrected chi connectivity index (χ1v) is 6.57. The van der Waals surface area contributed by atoms with Gasteiger partial charge in [0.2, 0.25) is 0 Å². The van der Waals surface area contributed by atoms with Gasteiger partial charge in [-0.25, -0.2) is 0 Å². The molecule has 0 radical (unpaired) electrons. The molecule has 3 atom stereocenters. The number of likely N-dealkylation sites (N-methyl/N-ethyl adjacent to an activating group) is 1.